The fraction of sp³-hybridized carbons (Fsp3) is 0.625. The molecule has 2 amide bonds. The number of likely N-dealkylation sites (tertiary alicyclic amines) is 2. The maximum atomic E-state index is 12.6. The highest BCUT2D eigenvalue weighted by molar-refractivity contribution is 7.17. The second-order valence-electron chi connectivity index (χ2n) is 6.20. The van der Waals surface area contributed by atoms with Gasteiger partial charge in [0.2, 0.25) is 5.91 Å². The second kappa shape index (κ2) is 8.52. The Morgan fingerprint density at radius 3 is 2.88 bits per heavy atom. The molecule has 24 heavy (non-hydrogen) atoms. The van der Waals surface area contributed by atoms with Gasteiger partial charge in [0.05, 0.1) is 9.21 Å². The Hall–Kier alpha value is -0.820. The molecule has 0 aliphatic carbocycles. The summed E-state index contributed by atoms with van der Waals surface area (Å²) in [6.07, 6.45) is 2.34. The van der Waals surface area contributed by atoms with E-state index in [9.17, 15) is 9.59 Å². The molecule has 2 aliphatic heterocycles. The highest BCUT2D eigenvalue weighted by atomic mass is 35.5. The minimum absolute atomic E-state index is 0. The Bertz CT molecular complexity index is 596. The van der Waals surface area contributed by atoms with Crippen molar-refractivity contribution in [2.24, 2.45) is 5.92 Å². The average Bonchev–Trinajstić information content (AvgIpc) is 2.99. The summed E-state index contributed by atoms with van der Waals surface area (Å²) in [5.74, 6) is 0.711. The number of carbonyl (C=O) groups excluding carboxylic acids is 2. The molecule has 0 aromatic carbocycles. The molecule has 2 aliphatic rings. The Kier molecular flexibility index (Phi) is 6.92. The number of piperidine rings is 2. The van der Waals surface area contributed by atoms with Gasteiger partial charge in [-0.15, -0.1) is 23.7 Å². The normalized spacial score (nSPS) is 23.7. The van der Waals surface area contributed by atoms with Crippen molar-refractivity contribution in [2.45, 2.75) is 25.3 Å². The lowest BCUT2D eigenvalue weighted by Crippen LogP contribution is -2.57. The average molecular weight is 392 g/mol. The topological polar surface area (TPSA) is 52.7 Å². The molecule has 2 saturated heterocycles. The van der Waals surface area contributed by atoms with Gasteiger partial charge in [0.1, 0.15) is 0 Å². The van der Waals surface area contributed by atoms with Gasteiger partial charge in [-0.2, -0.15) is 0 Å². The molecule has 1 aromatic rings. The zero-order valence-electron chi connectivity index (χ0n) is 13.7. The van der Waals surface area contributed by atoms with Gasteiger partial charge >= 0.3 is 0 Å². The van der Waals surface area contributed by atoms with Crippen LogP contribution in [0.5, 0.6) is 0 Å². The van der Waals surface area contributed by atoms with Crippen LogP contribution in [0, 0.1) is 5.92 Å². The van der Waals surface area contributed by atoms with Crippen LogP contribution in [-0.2, 0) is 4.79 Å². The number of hydrogen-bond donors (Lipinski definition) is 1. The van der Waals surface area contributed by atoms with Gasteiger partial charge in [-0.3, -0.25) is 9.59 Å². The lowest BCUT2D eigenvalue weighted by Gasteiger charge is -2.47. The highest BCUT2D eigenvalue weighted by Crippen LogP contribution is 2.32. The zero-order chi connectivity index (χ0) is 16.4. The second-order valence-corrected chi connectivity index (χ2v) is 7.92. The molecule has 0 spiro atoms. The van der Waals surface area contributed by atoms with Gasteiger partial charge in [0.15, 0.2) is 0 Å². The molecule has 1 aromatic heterocycles. The summed E-state index contributed by atoms with van der Waals surface area (Å²) in [4.78, 5) is 29.4. The molecule has 3 heterocycles. The molecule has 0 bridgehead atoms. The minimum atomic E-state index is 0. The van der Waals surface area contributed by atoms with Crippen LogP contribution in [0.15, 0.2) is 12.1 Å². The first-order chi connectivity index (χ1) is 11.1. The molecule has 5 nitrogen and oxygen atoms in total. The van der Waals surface area contributed by atoms with E-state index >= 15 is 0 Å². The first-order valence-electron chi connectivity index (χ1n) is 8.09. The van der Waals surface area contributed by atoms with Crippen LogP contribution in [0.3, 0.4) is 0 Å². The van der Waals surface area contributed by atoms with Gasteiger partial charge in [-0.1, -0.05) is 11.6 Å². The Balaban J connectivity index is 0.00000208. The number of amides is 2. The van der Waals surface area contributed by atoms with Crippen LogP contribution in [0.4, 0.5) is 0 Å². The molecule has 0 radical (unpaired) electrons. The van der Waals surface area contributed by atoms with E-state index in [1.807, 2.05) is 16.8 Å². The maximum Gasteiger partial charge on any atom is 0.263 e. The lowest BCUT2D eigenvalue weighted by molar-refractivity contribution is -0.140. The number of nitrogens with zero attached hydrogens (tertiary/aromatic N) is 2. The monoisotopic (exact) mass is 391 g/mol. The van der Waals surface area contributed by atoms with E-state index in [-0.39, 0.29) is 30.3 Å². The third kappa shape index (κ3) is 4.04. The molecular formula is C16H23Cl2N3O2S. The highest BCUT2D eigenvalue weighted by Gasteiger charge is 2.40. The molecule has 0 saturated carbocycles. The van der Waals surface area contributed by atoms with Crippen molar-refractivity contribution >= 4 is 47.2 Å². The number of hydrogen-bond acceptors (Lipinski definition) is 4. The number of thiophene rings is 1. The van der Waals surface area contributed by atoms with Crippen LogP contribution in [0.25, 0.3) is 0 Å². The Morgan fingerprint density at radius 1 is 1.42 bits per heavy atom. The fourth-order valence-corrected chi connectivity index (χ4v) is 4.65. The van der Waals surface area contributed by atoms with Crippen LogP contribution < -0.4 is 5.32 Å². The molecule has 3 rings (SSSR count). The predicted octanol–water partition coefficient (Wildman–Crippen LogP) is 2.50. The Labute approximate surface area is 157 Å². The SMILES string of the molecule is CNCCN1C(=O)CC[C@H]2CN(C(=O)c3ccc(Cl)s3)CC[C@H]21.Cl. The number of rotatable bonds is 4. The van der Waals surface area contributed by atoms with Gasteiger partial charge < -0.3 is 15.1 Å². The number of likely N-dealkylation sites (N-methyl/N-ethyl adjacent to an activating group) is 1. The van der Waals surface area contributed by atoms with Gasteiger partial charge in [-0.05, 0) is 37.9 Å². The van der Waals surface area contributed by atoms with Crippen LogP contribution in [-0.4, -0.2) is 60.9 Å². The summed E-state index contributed by atoms with van der Waals surface area (Å²) < 4.78 is 0.643. The molecule has 8 heteroatoms. The van der Waals surface area contributed by atoms with Crippen molar-refractivity contribution in [1.29, 1.82) is 0 Å². The van der Waals surface area contributed by atoms with E-state index in [0.717, 1.165) is 32.5 Å². The predicted molar refractivity (Wildman–Crippen MR) is 99.2 cm³/mol. The van der Waals surface area contributed by atoms with Gasteiger partial charge in [-0.25, -0.2) is 0 Å². The number of nitrogens with one attached hydrogen (secondary N) is 1. The first kappa shape index (κ1) is 19.5. The van der Waals surface area contributed by atoms with Crippen molar-refractivity contribution < 1.29 is 9.59 Å². The summed E-state index contributed by atoms with van der Waals surface area (Å²) in [6, 6.07) is 3.84. The third-order valence-electron chi connectivity index (χ3n) is 4.82. The van der Waals surface area contributed by atoms with E-state index in [1.165, 1.54) is 11.3 Å². The summed E-state index contributed by atoms with van der Waals surface area (Å²) in [5.41, 5.74) is 0. The lowest BCUT2D eigenvalue weighted by atomic mass is 9.83. The maximum absolute atomic E-state index is 12.6. The van der Waals surface area contributed by atoms with E-state index in [4.69, 9.17) is 11.6 Å². The van der Waals surface area contributed by atoms with Crippen molar-refractivity contribution in [3.8, 4) is 0 Å². The Morgan fingerprint density at radius 2 is 2.21 bits per heavy atom. The summed E-state index contributed by atoms with van der Waals surface area (Å²) in [5, 5.41) is 3.11. The largest absolute Gasteiger partial charge is 0.338 e. The van der Waals surface area contributed by atoms with E-state index < -0.39 is 0 Å². The van der Waals surface area contributed by atoms with Crippen molar-refractivity contribution in [3.05, 3.63) is 21.3 Å². The quantitative estimate of drug-likeness (QED) is 0.857. The van der Waals surface area contributed by atoms with E-state index in [0.29, 0.717) is 28.1 Å². The van der Waals surface area contributed by atoms with Crippen molar-refractivity contribution in [3.63, 3.8) is 0 Å². The summed E-state index contributed by atoms with van der Waals surface area (Å²) >= 11 is 7.27. The number of halogens is 2. The van der Waals surface area contributed by atoms with Crippen LogP contribution >= 0.6 is 35.3 Å². The standard InChI is InChI=1S/C16H22ClN3O2S.ClH/c1-18-7-9-20-12-6-8-19(10-11(12)2-5-15(20)21)16(22)13-3-4-14(17)23-13;/h3-4,11-12,18H,2,5-10H2,1H3;1H/t11-,12+;/m0./s1. The smallest absolute Gasteiger partial charge is 0.263 e. The number of carbonyl (C=O) groups is 2. The van der Waals surface area contributed by atoms with Crippen LogP contribution in [0.2, 0.25) is 4.34 Å². The third-order valence-corrected chi connectivity index (χ3v) is 6.04. The van der Waals surface area contributed by atoms with Crippen LogP contribution in [0.1, 0.15) is 28.9 Å². The molecular weight excluding hydrogens is 369 g/mol. The van der Waals surface area contributed by atoms with Gasteiger partial charge in [0, 0.05) is 38.6 Å². The minimum Gasteiger partial charge on any atom is -0.338 e. The summed E-state index contributed by atoms with van der Waals surface area (Å²) in [6.45, 7) is 3.01. The molecule has 0 unspecified atom stereocenters. The molecule has 134 valence electrons. The molecule has 2 atom stereocenters. The number of fused-ring (bicyclic) bond motifs is 1. The first-order valence-corrected chi connectivity index (χ1v) is 9.28. The summed E-state index contributed by atoms with van der Waals surface area (Å²) in [7, 11) is 1.90. The fourth-order valence-electron chi connectivity index (χ4n) is 3.64. The van der Waals surface area contributed by atoms with Gasteiger partial charge in [0.25, 0.3) is 5.91 Å². The van der Waals surface area contributed by atoms with Crippen molar-refractivity contribution in [2.75, 3.05) is 33.2 Å². The van der Waals surface area contributed by atoms with E-state index in [1.54, 1.807) is 12.1 Å². The molecule has 2 fully saturated rings. The van der Waals surface area contributed by atoms with Crippen molar-refractivity contribution in [1.82, 2.24) is 15.1 Å². The zero-order valence-corrected chi connectivity index (χ0v) is 16.1. The van der Waals surface area contributed by atoms with E-state index in [2.05, 4.69) is 5.32 Å². The molecule has 1 N–H and O–H groups in total.